The van der Waals surface area contributed by atoms with E-state index in [4.69, 9.17) is 0 Å². The number of carbonyl (C=O) groups excluding carboxylic acids is 1. The van der Waals surface area contributed by atoms with Crippen LogP contribution in [0.15, 0.2) is 29.1 Å². The number of fused-ring (bicyclic) bond motifs is 1. The molecule has 96 valence electrons. The maximum Gasteiger partial charge on any atom is 0.270 e. The second-order valence-electron chi connectivity index (χ2n) is 4.25. The Morgan fingerprint density at radius 3 is 2.63 bits per heavy atom. The van der Waals surface area contributed by atoms with Crippen molar-refractivity contribution >= 4 is 5.91 Å². The number of aromatic nitrogens is 2. The average molecular weight is 259 g/mol. The summed E-state index contributed by atoms with van der Waals surface area (Å²) in [5.41, 5.74) is 0.780. The van der Waals surface area contributed by atoms with Crippen LogP contribution in [0.4, 0.5) is 4.39 Å². The number of H-pyrrole nitrogens is 1. The number of hydrogen-bond acceptors (Lipinski definition) is 3. The van der Waals surface area contributed by atoms with Gasteiger partial charge in [-0.2, -0.15) is 0 Å². The topological polar surface area (TPSA) is 74.8 Å². The highest BCUT2D eigenvalue weighted by molar-refractivity contribution is 5.95. The molecule has 0 radical (unpaired) electrons. The molecule has 1 aliphatic heterocycles. The summed E-state index contributed by atoms with van der Waals surface area (Å²) in [5, 5.41) is 2.64. The van der Waals surface area contributed by atoms with Crippen molar-refractivity contribution in [2.24, 2.45) is 0 Å². The summed E-state index contributed by atoms with van der Waals surface area (Å²) in [6.45, 7) is 0.437. The predicted molar refractivity (Wildman–Crippen MR) is 66.3 cm³/mol. The summed E-state index contributed by atoms with van der Waals surface area (Å²) in [4.78, 5) is 30.4. The van der Waals surface area contributed by atoms with Gasteiger partial charge in [-0.3, -0.25) is 9.59 Å². The van der Waals surface area contributed by atoms with Crippen LogP contribution in [0, 0.1) is 5.82 Å². The summed E-state index contributed by atoms with van der Waals surface area (Å²) in [6.07, 6.45) is 0.465. The molecule has 0 atom stereocenters. The Labute approximate surface area is 107 Å². The van der Waals surface area contributed by atoms with Gasteiger partial charge in [0.1, 0.15) is 17.3 Å². The molecule has 6 heteroatoms. The van der Waals surface area contributed by atoms with Crippen molar-refractivity contribution in [2.45, 2.75) is 6.42 Å². The number of aromatic amines is 1. The molecule has 0 aliphatic carbocycles. The summed E-state index contributed by atoms with van der Waals surface area (Å²) in [7, 11) is 0. The number of amides is 1. The largest absolute Gasteiger partial charge is 0.350 e. The number of nitrogens with one attached hydrogen (secondary N) is 2. The molecular weight excluding hydrogens is 249 g/mol. The molecule has 1 aliphatic rings. The molecule has 0 fully saturated rings. The van der Waals surface area contributed by atoms with E-state index in [1.54, 1.807) is 0 Å². The van der Waals surface area contributed by atoms with Crippen molar-refractivity contribution in [1.29, 1.82) is 0 Å². The first-order valence-corrected chi connectivity index (χ1v) is 5.82. The van der Waals surface area contributed by atoms with Crippen molar-refractivity contribution in [2.75, 3.05) is 6.54 Å². The Morgan fingerprint density at radius 1 is 1.16 bits per heavy atom. The van der Waals surface area contributed by atoms with E-state index in [0.29, 0.717) is 24.1 Å². The van der Waals surface area contributed by atoms with E-state index in [2.05, 4.69) is 15.3 Å². The fraction of sp³-hybridized carbons (Fsp3) is 0.154. The van der Waals surface area contributed by atoms with Crippen LogP contribution in [-0.2, 0) is 6.42 Å². The molecule has 2 N–H and O–H groups in total. The molecule has 2 heterocycles. The van der Waals surface area contributed by atoms with E-state index in [1.807, 2.05) is 0 Å². The Kier molecular flexibility index (Phi) is 2.63. The molecule has 1 amide bonds. The minimum Gasteiger partial charge on any atom is -0.350 e. The summed E-state index contributed by atoms with van der Waals surface area (Å²) in [6, 6.07) is 5.55. The lowest BCUT2D eigenvalue weighted by Gasteiger charge is -2.15. The lowest BCUT2D eigenvalue weighted by atomic mass is 10.1. The van der Waals surface area contributed by atoms with E-state index in [9.17, 15) is 14.0 Å². The predicted octanol–water partition coefficient (Wildman–Crippen LogP) is 0.862. The van der Waals surface area contributed by atoms with Crippen LogP contribution in [0.5, 0.6) is 0 Å². The van der Waals surface area contributed by atoms with E-state index in [1.165, 1.54) is 24.3 Å². The zero-order valence-corrected chi connectivity index (χ0v) is 9.87. The van der Waals surface area contributed by atoms with Gasteiger partial charge in [0, 0.05) is 12.1 Å². The molecule has 19 heavy (non-hydrogen) atoms. The molecule has 0 bridgehead atoms. The molecular formula is C13H10FN3O2. The molecule has 0 saturated carbocycles. The number of nitrogens with zero attached hydrogens (tertiary/aromatic N) is 1. The third kappa shape index (κ3) is 2.01. The van der Waals surface area contributed by atoms with Gasteiger partial charge in [-0.15, -0.1) is 0 Å². The van der Waals surface area contributed by atoms with Crippen LogP contribution in [0.2, 0.25) is 0 Å². The molecule has 0 spiro atoms. The van der Waals surface area contributed by atoms with Gasteiger partial charge in [0.2, 0.25) is 0 Å². The normalized spacial score (nSPS) is 13.8. The monoisotopic (exact) mass is 259 g/mol. The van der Waals surface area contributed by atoms with Gasteiger partial charge < -0.3 is 10.3 Å². The van der Waals surface area contributed by atoms with Crippen LogP contribution in [0.1, 0.15) is 16.1 Å². The van der Waals surface area contributed by atoms with Gasteiger partial charge in [0.15, 0.2) is 0 Å². The Morgan fingerprint density at radius 2 is 1.89 bits per heavy atom. The summed E-state index contributed by atoms with van der Waals surface area (Å²) < 4.78 is 12.9. The molecule has 0 unspecified atom stereocenters. The molecule has 2 aromatic rings. The van der Waals surface area contributed by atoms with Gasteiger partial charge in [-0.05, 0) is 30.7 Å². The van der Waals surface area contributed by atoms with Gasteiger partial charge in [-0.25, -0.2) is 9.37 Å². The lowest BCUT2D eigenvalue weighted by Crippen LogP contribution is -2.37. The van der Waals surface area contributed by atoms with E-state index < -0.39 is 0 Å². The minimum absolute atomic E-state index is 0.148. The third-order valence-corrected chi connectivity index (χ3v) is 3.01. The highest BCUT2D eigenvalue weighted by atomic mass is 19.1. The molecule has 1 aromatic heterocycles. The maximum absolute atomic E-state index is 12.9. The minimum atomic E-state index is -0.373. The molecule has 0 saturated heterocycles. The fourth-order valence-corrected chi connectivity index (χ4v) is 2.05. The molecule has 3 rings (SSSR count). The average Bonchev–Trinajstić information content (AvgIpc) is 2.41. The maximum atomic E-state index is 12.9. The summed E-state index contributed by atoms with van der Waals surface area (Å²) in [5.74, 6) is -0.460. The zero-order valence-electron chi connectivity index (χ0n) is 9.87. The molecule has 5 nitrogen and oxygen atoms in total. The van der Waals surface area contributed by atoms with E-state index in [-0.39, 0.29) is 28.8 Å². The smallest absolute Gasteiger partial charge is 0.270 e. The standard InChI is InChI=1S/C13H10FN3O2/c14-8-3-1-7(2-4-8)11-16-10-9(12(18)17-11)5-6-15-13(10)19/h1-4H,5-6H2,(H,15,19)(H,16,17,18). The van der Waals surface area contributed by atoms with Crippen LogP contribution in [0.3, 0.4) is 0 Å². The number of hydrogen-bond donors (Lipinski definition) is 2. The van der Waals surface area contributed by atoms with Crippen molar-refractivity contribution in [1.82, 2.24) is 15.3 Å². The number of rotatable bonds is 1. The first-order chi connectivity index (χ1) is 9.15. The first kappa shape index (κ1) is 11.6. The highest BCUT2D eigenvalue weighted by Crippen LogP contribution is 2.16. The van der Waals surface area contributed by atoms with Gasteiger partial charge in [0.25, 0.3) is 11.5 Å². The lowest BCUT2D eigenvalue weighted by molar-refractivity contribution is 0.0940. The Balaban J connectivity index is 2.16. The van der Waals surface area contributed by atoms with Crippen LogP contribution >= 0.6 is 0 Å². The first-order valence-electron chi connectivity index (χ1n) is 5.82. The SMILES string of the molecule is O=C1NCCc2c1nc(-c1ccc(F)cc1)[nH]c2=O. The highest BCUT2D eigenvalue weighted by Gasteiger charge is 2.22. The van der Waals surface area contributed by atoms with Crippen molar-refractivity contribution < 1.29 is 9.18 Å². The quantitative estimate of drug-likeness (QED) is 0.797. The van der Waals surface area contributed by atoms with E-state index in [0.717, 1.165) is 0 Å². The Bertz CT molecular complexity index is 707. The Hall–Kier alpha value is -2.50. The van der Waals surface area contributed by atoms with Crippen LogP contribution in [0.25, 0.3) is 11.4 Å². The van der Waals surface area contributed by atoms with Crippen LogP contribution in [-0.4, -0.2) is 22.4 Å². The van der Waals surface area contributed by atoms with Crippen molar-refractivity contribution in [3.63, 3.8) is 0 Å². The summed E-state index contributed by atoms with van der Waals surface area (Å²) >= 11 is 0. The third-order valence-electron chi connectivity index (χ3n) is 3.01. The van der Waals surface area contributed by atoms with Gasteiger partial charge >= 0.3 is 0 Å². The number of benzene rings is 1. The van der Waals surface area contributed by atoms with E-state index >= 15 is 0 Å². The second-order valence-corrected chi connectivity index (χ2v) is 4.25. The van der Waals surface area contributed by atoms with Crippen molar-refractivity contribution in [3.8, 4) is 11.4 Å². The van der Waals surface area contributed by atoms with Crippen molar-refractivity contribution in [3.05, 3.63) is 51.7 Å². The second kappa shape index (κ2) is 4.31. The fourth-order valence-electron chi connectivity index (χ4n) is 2.05. The zero-order chi connectivity index (χ0) is 13.4. The number of carbonyl (C=O) groups is 1. The number of halogens is 1. The van der Waals surface area contributed by atoms with Gasteiger partial charge in [0.05, 0.1) is 5.56 Å². The van der Waals surface area contributed by atoms with Gasteiger partial charge in [-0.1, -0.05) is 0 Å². The van der Waals surface area contributed by atoms with Crippen LogP contribution < -0.4 is 10.9 Å². The molecule has 1 aromatic carbocycles.